The van der Waals surface area contributed by atoms with Crippen molar-refractivity contribution in [2.75, 3.05) is 13.2 Å². The van der Waals surface area contributed by atoms with Crippen LogP contribution < -0.4 is 5.32 Å². The summed E-state index contributed by atoms with van der Waals surface area (Å²) in [6, 6.07) is 6.09. The molecule has 1 N–H and O–H groups in total. The zero-order valence-corrected chi connectivity index (χ0v) is 12.3. The van der Waals surface area contributed by atoms with E-state index in [1.165, 1.54) is 0 Å². The lowest BCUT2D eigenvalue weighted by molar-refractivity contribution is 0.0661. The molecule has 1 heterocycles. The number of nitrogens with one attached hydrogen (secondary N) is 1. The maximum absolute atomic E-state index is 6.22. The Morgan fingerprint density at radius 1 is 1.33 bits per heavy atom. The van der Waals surface area contributed by atoms with E-state index in [4.69, 9.17) is 27.9 Å². The van der Waals surface area contributed by atoms with Crippen LogP contribution in [0.4, 0.5) is 0 Å². The number of hydrogen-bond donors (Lipinski definition) is 1. The van der Waals surface area contributed by atoms with Gasteiger partial charge in [0.25, 0.3) is 0 Å². The van der Waals surface area contributed by atoms with E-state index in [2.05, 4.69) is 19.2 Å². The van der Waals surface area contributed by atoms with Crippen LogP contribution in [-0.2, 0) is 4.74 Å². The van der Waals surface area contributed by atoms with Crippen molar-refractivity contribution < 1.29 is 4.74 Å². The molecule has 1 aromatic rings. The second-order valence-electron chi connectivity index (χ2n) is 5.07. The van der Waals surface area contributed by atoms with E-state index in [-0.39, 0.29) is 6.10 Å². The van der Waals surface area contributed by atoms with Crippen LogP contribution in [0.5, 0.6) is 0 Å². The molecule has 2 atom stereocenters. The van der Waals surface area contributed by atoms with Gasteiger partial charge in [-0.1, -0.05) is 43.1 Å². The minimum Gasteiger partial charge on any atom is -0.372 e. The van der Waals surface area contributed by atoms with E-state index in [0.717, 1.165) is 25.1 Å². The molecule has 0 amide bonds. The molecule has 1 aliphatic heterocycles. The van der Waals surface area contributed by atoms with Crippen LogP contribution in [0.1, 0.15) is 31.9 Å². The smallest absolute Gasteiger partial charge is 0.0963 e. The van der Waals surface area contributed by atoms with Gasteiger partial charge in [0, 0.05) is 34.8 Å². The third-order valence-corrected chi connectivity index (χ3v) is 3.99. The Hall–Kier alpha value is -0.280. The van der Waals surface area contributed by atoms with Gasteiger partial charge in [-0.15, -0.1) is 0 Å². The molecule has 4 heteroatoms. The predicted molar refractivity (Wildman–Crippen MR) is 76.4 cm³/mol. The van der Waals surface area contributed by atoms with E-state index in [0.29, 0.717) is 22.0 Å². The van der Waals surface area contributed by atoms with E-state index in [1.807, 2.05) is 12.1 Å². The van der Waals surface area contributed by atoms with Crippen LogP contribution in [0.15, 0.2) is 18.2 Å². The van der Waals surface area contributed by atoms with Crippen LogP contribution in [0.3, 0.4) is 0 Å². The molecule has 1 fully saturated rings. The highest BCUT2D eigenvalue weighted by atomic mass is 35.5. The fraction of sp³-hybridized carbons (Fsp3) is 0.571. The topological polar surface area (TPSA) is 21.3 Å². The number of ether oxygens (including phenoxy) is 1. The van der Waals surface area contributed by atoms with Crippen molar-refractivity contribution in [3.63, 3.8) is 0 Å². The van der Waals surface area contributed by atoms with Crippen LogP contribution in [0.25, 0.3) is 0 Å². The number of rotatable bonds is 2. The Morgan fingerprint density at radius 3 is 2.78 bits per heavy atom. The van der Waals surface area contributed by atoms with Crippen molar-refractivity contribution >= 4 is 23.2 Å². The zero-order chi connectivity index (χ0) is 13.1. The number of halogens is 2. The summed E-state index contributed by atoms with van der Waals surface area (Å²) < 4.78 is 5.90. The number of hydrogen-bond acceptors (Lipinski definition) is 2. The molecule has 0 bridgehead atoms. The summed E-state index contributed by atoms with van der Waals surface area (Å²) in [7, 11) is 0. The molecule has 0 aromatic heterocycles. The molecule has 1 saturated heterocycles. The predicted octanol–water partition coefficient (Wildman–Crippen LogP) is 4.07. The van der Waals surface area contributed by atoms with Crippen LogP contribution in [0, 0.1) is 5.92 Å². The molecule has 2 nitrogen and oxygen atoms in total. The highest BCUT2D eigenvalue weighted by molar-refractivity contribution is 6.35. The average Bonchev–Trinajstić information content (AvgIpc) is 2.54. The van der Waals surface area contributed by atoms with Gasteiger partial charge < -0.3 is 10.1 Å². The summed E-state index contributed by atoms with van der Waals surface area (Å²) in [6.45, 7) is 6.02. The molecular formula is C14H19Cl2NO. The van der Waals surface area contributed by atoms with E-state index >= 15 is 0 Å². The Labute approximate surface area is 119 Å². The summed E-state index contributed by atoms with van der Waals surface area (Å²) in [5.41, 5.74) is 1.01. The largest absolute Gasteiger partial charge is 0.372 e. The van der Waals surface area contributed by atoms with Crippen molar-refractivity contribution in [1.29, 1.82) is 0 Å². The maximum Gasteiger partial charge on any atom is 0.0963 e. The lowest BCUT2D eigenvalue weighted by Crippen LogP contribution is -2.34. The summed E-state index contributed by atoms with van der Waals surface area (Å²) in [5, 5.41) is 4.89. The second kappa shape index (κ2) is 6.25. The molecule has 0 saturated carbocycles. The molecule has 0 aliphatic carbocycles. The second-order valence-corrected chi connectivity index (χ2v) is 5.92. The maximum atomic E-state index is 6.22. The van der Waals surface area contributed by atoms with Gasteiger partial charge in [0.15, 0.2) is 0 Å². The lowest BCUT2D eigenvalue weighted by atomic mass is 10.0. The Morgan fingerprint density at radius 2 is 2.11 bits per heavy atom. The molecule has 1 aromatic carbocycles. The Kier molecular flexibility index (Phi) is 4.91. The normalized spacial score (nSPS) is 25.2. The van der Waals surface area contributed by atoms with Gasteiger partial charge >= 0.3 is 0 Å². The minimum atomic E-state index is 0.0125. The van der Waals surface area contributed by atoms with Gasteiger partial charge in [0.1, 0.15) is 0 Å². The lowest BCUT2D eigenvalue weighted by Gasteiger charge is -2.20. The quantitative estimate of drug-likeness (QED) is 0.885. The first kappa shape index (κ1) is 14.1. The molecule has 2 unspecified atom stereocenters. The third-order valence-electron chi connectivity index (χ3n) is 3.43. The first-order chi connectivity index (χ1) is 8.58. The first-order valence-corrected chi connectivity index (χ1v) is 7.13. The summed E-state index contributed by atoms with van der Waals surface area (Å²) in [4.78, 5) is 0. The molecular weight excluding hydrogens is 269 g/mol. The fourth-order valence-corrected chi connectivity index (χ4v) is 2.82. The van der Waals surface area contributed by atoms with E-state index < -0.39 is 0 Å². The van der Waals surface area contributed by atoms with Crippen molar-refractivity contribution in [2.24, 2.45) is 5.92 Å². The minimum absolute atomic E-state index is 0.0125. The molecule has 1 aliphatic rings. The van der Waals surface area contributed by atoms with Crippen LogP contribution >= 0.6 is 23.2 Å². The van der Waals surface area contributed by atoms with Gasteiger partial charge in [-0.05, 0) is 24.5 Å². The average molecular weight is 288 g/mol. The molecule has 0 spiro atoms. The highest BCUT2D eigenvalue weighted by Crippen LogP contribution is 2.29. The van der Waals surface area contributed by atoms with Crippen molar-refractivity contribution in [3.8, 4) is 0 Å². The fourth-order valence-electron chi connectivity index (χ4n) is 2.29. The van der Waals surface area contributed by atoms with Crippen molar-refractivity contribution in [1.82, 2.24) is 5.32 Å². The van der Waals surface area contributed by atoms with Gasteiger partial charge in [-0.3, -0.25) is 0 Å². The highest BCUT2D eigenvalue weighted by Gasteiger charge is 2.23. The van der Waals surface area contributed by atoms with Gasteiger partial charge in [0.05, 0.1) is 6.10 Å². The Balaban J connectivity index is 2.10. The van der Waals surface area contributed by atoms with Crippen LogP contribution in [0.2, 0.25) is 10.0 Å². The van der Waals surface area contributed by atoms with Crippen LogP contribution in [-0.4, -0.2) is 19.2 Å². The standard InChI is InChI=1S/C14H19Cl2NO/c1-9(2)13-5-6-18-14(8-17-13)11-4-3-10(15)7-12(11)16/h3-4,7,9,13-14,17H,5-6,8H2,1-2H3. The van der Waals surface area contributed by atoms with Gasteiger partial charge in [0.2, 0.25) is 0 Å². The molecule has 18 heavy (non-hydrogen) atoms. The third kappa shape index (κ3) is 3.39. The van der Waals surface area contributed by atoms with Crippen molar-refractivity contribution in [3.05, 3.63) is 33.8 Å². The summed E-state index contributed by atoms with van der Waals surface area (Å²) in [6.07, 6.45) is 1.05. The van der Waals surface area contributed by atoms with Gasteiger partial charge in [-0.2, -0.15) is 0 Å². The summed E-state index contributed by atoms with van der Waals surface area (Å²) >= 11 is 12.1. The summed E-state index contributed by atoms with van der Waals surface area (Å²) in [5.74, 6) is 0.619. The SMILES string of the molecule is CC(C)C1CCOC(c2ccc(Cl)cc2Cl)CN1. The van der Waals surface area contributed by atoms with Crippen molar-refractivity contribution in [2.45, 2.75) is 32.4 Å². The number of benzene rings is 1. The first-order valence-electron chi connectivity index (χ1n) is 6.38. The monoisotopic (exact) mass is 287 g/mol. The van der Waals surface area contributed by atoms with E-state index in [1.54, 1.807) is 6.07 Å². The van der Waals surface area contributed by atoms with E-state index in [9.17, 15) is 0 Å². The molecule has 0 radical (unpaired) electrons. The zero-order valence-electron chi connectivity index (χ0n) is 10.7. The Bertz CT molecular complexity index is 409. The molecule has 100 valence electrons. The molecule has 2 rings (SSSR count). The van der Waals surface area contributed by atoms with Gasteiger partial charge in [-0.25, -0.2) is 0 Å².